The third-order valence-electron chi connectivity index (χ3n) is 4.24. The Balaban J connectivity index is -0.0000000773. The number of nitrogens with two attached hydrogens (primary N) is 4. The molecule has 0 spiro atoms. The number of aromatic nitrogens is 4. The number of nitrogens with zero attached hydrogens (tertiary/aromatic N) is 4. The monoisotopic (exact) mass is 931 g/mol. The maximum atomic E-state index is 8.93. The number of halogens is 1. The van der Waals surface area contributed by atoms with Gasteiger partial charge in [0.25, 0.3) is 0 Å². The van der Waals surface area contributed by atoms with E-state index in [9.17, 15) is 0 Å². The summed E-state index contributed by atoms with van der Waals surface area (Å²) in [5, 5.41) is 53.6. The van der Waals surface area contributed by atoms with Crippen molar-refractivity contribution in [1.29, 1.82) is 0 Å². The van der Waals surface area contributed by atoms with E-state index in [-0.39, 0.29) is 69.1 Å². The van der Waals surface area contributed by atoms with Gasteiger partial charge in [-0.2, -0.15) is 0 Å². The zero-order chi connectivity index (χ0) is 38.7. The maximum Gasteiger partial charge on any atom is 3.00 e. The molecule has 0 fully saturated rings. The third kappa shape index (κ3) is 49.1. The van der Waals surface area contributed by atoms with Crippen LogP contribution in [0.25, 0.3) is 0 Å². The molecule has 0 aliphatic heterocycles. The second kappa shape index (κ2) is 47.1. The van der Waals surface area contributed by atoms with Crippen molar-refractivity contribution >= 4 is 35.8 Å². The van der Waals surface area contributed by atoms with Crippen LogP contribution in [-0.4, -0.2) is 61.2 Å². The first-order valence-electron chi connectivity index (χ1n) is 13.3. The number of carbonyl (C=O) groups is 6. The maximum absolute atomic E-state index is 8.93. The van der Waals surface area contributed by atoms with E-state index in [0.29, 0.717) is 26.2 Å². The summed E-state index contributed by atoms with van der Waals surface area (Å²) in [6.07, 6.45) is 6.95. The normalized spacial score (nSPS) is 7.71. The summed E-state index contributed by atoms with van der Waals surface area (Å²) in [6, 6.07) is 22.8. The van der Waals surface area contributed by atoms with Crippen molar-refractivity contribution in [2.45, 2.75) is 26.2 Å². The Hall–Kier alpha value is -4.93. The van der Waals surface area contributed by atoms with Crippen LogP contribution in [0.1, 0.15) is 22.8 Å². The molecule has 4 heterocycles. The first kappa shape index (κ1) is 68.1. The van der Waals surface area contributed by atoms with Crippen LogP contribution in [0.4, 0.5) is 0 Å². The van der Waals surface area contributed by atoms with E-state index in [4.69, 9.17) is 82.3 Å². The molecule has 0 aliphatic rings. The van der Waals surface area contributed by atoms with Gasteiger partial charge in [-0.1, -0.05) is 24.3 Å². The average molecular weight is 933 g/mol. The minimum absolute atomic E-state index is 0. The number of carboxylic acids is 6. The molecule has 4 aromatic rings. The summed E-state index contributed by atoms with van der Waals surface area (Å²) in [4.78, 5) is 69.4. The number of rotatable bonds is 4. The fourth-order valence-electron chi connectivity index (χ4n) is 2.08. The summed E-state index contributed by atoms with van der Waals surface area (Å²) >= 11 is 0. The molecule has 10 N–H and O–H groups in total. The standard InChI is InChI=1S/4C6H8N2.3C2H2O4.ClH.2Cu.Fe.H2O/c4*7-5-6-3-1-2-4-8-6;3*3-1(4)2(5)6;;;;;/h4*1-4H,5,7H2;3*(H,3,4)(H,5,6);1H;;;;1H2/q;;;;;;;;2*+2;+3;/p-7. The van der Waals surface area contributed by atoms with Crippen molar-refractivity contribution < 1.29 is 128 Å². The van der Waals surface area contributed by atoms with Crippen LogP contribution in [0.2, 0.25) is 0 Å². The van der Waals surface area contributed by atoms with Crippen LogP contribution in [0, 0.1) is 0 Å². The van der Waals surface area contributed by atoms with Crippen LogP contribution in [0.15, 0.2) is 97.6 Å². The Labute approximate surface area is 352 Å². The first-order valence-corrected chi connectivity index (χ1v) is 13.3. The van der Waals surface area contributed by atoms with Crippen molar-refractivity contribution in [2.75, 3.05) is 0 Å². The van der Waals surface area contributed by atoms with Gasteiger partial charge in [0.05, 0.1) is 58.6 Å². The minimum atomic E-state index is -2.19. The van der Waals surface area contributed by atoms with Gasteiger partial charge in [-0.15, -0.1) is 0 Å². The van der Waals surface area contributed by atoms with Crippen LogP contribution < -0.4 is 66.0 Å². The predicted molar refractivity (Wildman–Crippen MR) is 162 cm³/mol. The smallest absolute Gasteiger partial charge is 1.00 e. The van der Waals surface area contributed by atoms with Crippen molar-refractivity contribution in [3.05, 3.63) is 120 Å². The number of carboxylic acid groups (broad SMARTS) is 6. The van der Waals surface area contributed by atoms with Crippen molar-refractivity contribution in [2.24, 2.45) is 22.9 Å². The Morgan fingerprint density at radius 3 is 0.600 bits per heavy atom. The summed E-state index contributed by atoms with van der Waals surface area (Å²) < 4.78 is 0. The van der Waals surface area contributed by atoms with E-state index in [1.807, 2.05) is 72.8 Å². The summed E-state index contributed by atoms with van der Waals surface area (Å²) in [5.74, 6) is -13.1. The van der Waals surface area contributed by atoms with E-state index in [2.05, 4.69) is 19.9 Å². The van der Waals surface area contributed by atoms with E-state index in [1.54, 1.807) is 24.8 Å². The predicted octanol–water partition coefficient (Wildman–Crippen LogP) is -12.2. The molecule has 0 atom stereocenters. The molecule has 4 aromatic heterocycles. The molecule has 0 amide bonds. The summed E-state index contributed by atoms with van der Waals surface area (Å²) in [7, 11) is 0. The quantitative estimate of drug-likeness (QED) is 0.109. The van der Waals surface area contributed by atoms with Gasteiger partial charge >= 0.3 is 51.2 Å². The average Bonchev–Trinajstić information content (AvgIpc) is 3.14. The summed E-state index contributed by atoms with van der Waals surface area (Å²) in [5.41, 5.74) is 24.9. The SMILES string of the molecule is NCc1ccccn1.NCc1ccccn1.NCc1ccccn1.NCc1ccccn1.O.O=C([O-])C(=O)[O-].O=C([O-])C(=O)[O-].O=C([O-])C(=O)[O-].[Cl-].[Cu+2].[Cu+2].[Fe+3]. The van der Waals surface area contributed by atoms with Gasteiger partial charge in [0, 0.05) is 51.0 Å². The molecule has 309 valence electrons. The fourth-order valence-corrected chi connectivity index (χ4v) is 2.08. The van der Waals surface area contributed by atoms with E-state index in [0.717, 1.165) is 22.8 Å². The molecule has 0 aliphatic carbocycles. The molecule has 25 heteroatoms. The van der Waals surface area contributed by atoms with Crippen molar-refractivity contribution in [1.82, 2.24) is 19.9 Å². The van der Waals surface area contributed by atoms with Crippen LogP contribution in [-0.2, 0) is 106 Å². The molecule has 0 saturated carbocycles. The molecule has 21 nitrogen and oxygen atoms in total. The zero-order valence-electron chi connectivity index (χ0n) is 27.9. The Morgan fingerprint density at radius 2 is 0.545 bits per heavy atom. The molecular weight excluding hydrogens is 899 g/mol. The molecule has 4 rings (SSSR count). The molecule has 0 bridgehead atoms. The van der Waals surface area contributed by atoms with Crippen molar-refractivity contribution in [3.8, 4) is 0 Å². The van der Waals surface area contributed by atoms with E-state index >= 15 is 0 Å². The molecule has 55 heavy (non-hydrogen) atoms. The second-order valence-electron chi connectivity index (χ2n) is 7.83. The van der Waals surface area contributed by atoms with E-state index in [1.165, 1.54) is 0 Å². The number of aliphatic carboxylic acids is 6. The van der Waals surface area contributed by atoms with Gasteiger partial charge < -0.3 is 100 Å². The van der Waals surface area contributed by atoms with Crippen molar-refractivity contribution in [3.63, 3.8) is 0 Å². The van der Waals surface area contributed by atoms with Gasteiger partial charge in [-0.25, -0.2) is 0 Å². The van der Waals surface area contributed by atoms with Crippen LogP contribution >= 0.6 is 0 Å². The van der Waals surface area contributed by atoms with Gasteiger partial charge in [0.2, 0.25) is 0 Å². The molecule has 3 radical (unpaired) electrons. The summed E-state index contributed by atoms with van der Waals surface area (Å²) in [6.45, 7) is 2.11. The largest absolute Gasteiger partial charge is 3.00 e. The number of hydrogen-bond donors (Lipinski definition) is 4. The fraction of sp³-hybridized carbons (Fsp3) is 0.133. The molecule has 0 saturated heterocycles. The second-order valence-corrected chi connectivity index (χ2v) is 7.83. The Morgan fingerprint density at radius 1 is 0.400 bits per heavy atom. The number of carbonyl (C=O) groups excluding carboxylic acids is 6. The topological polar surface area (TPSA) is 428 Å². The van der Waals surface area contributed by atoms with Gasteiger partial charge in [-0.05, 0) is 48.5 Å². The number of hydrogen-bond acceptors (Lipinski definition) is 20. The van der Waals surface area contributed by atoms with Gasteiger partial charge in [-0.3, -0.25) is 19.9 Å². The zero-order valence-corrected chi connectivity index (χ0v) is 31.6. The van der Waals surface area contributed by atoms with Crippen LogP contribution in [0.5, 0.6) is 0 Å². The van der Waals surface area contributed by atoms with Gasteiger partial charge in [0.1, 0.15) is 0 Å². The first-order chi connectivity index (χ1) is 23.7. The minimum Gasteiger partial charge on any atom is -1.00 e. The molecular formula is C30H34ClCu2FeN8O13. The Bertz CT molecular complexity index is 1280. The van der Waals surface area contributed by atoms with Crippen LogP contribution in [0.3, 0.4) is 0 Å². The van der Waals surface area contributed by atoms with E-state index < -0.39 is 35.8 Å². The third-order valence-corrected chi connectivity index (χ3v) is 4.24. The molecule has 0 unspecified atom stereocenters. The van der Waals surface area contributed by atoms with Gasteiger partial charge in [0.15, 0.2) is 0 Å². The molecule has 0 aromatic carbocycles. The Kier molecular flexibility index (Phi) is 58.3. The number of pyridine rings is 4.